The molecule has 0 atom stereocenters. The minimum absolute atomic E-state index is 0.367. The maximum absolute atomic E-state index is 8.69. The van der Waals surface area contributed by atoms with Gasteiger partial charge in [0.15, 0.2) is 0 Å². The summed E-state index contributed by atoms with van der Waals surface area (Å²) in [6, 6.07) is 0. The first-order chi connectivity index (χ1) is 10.4. The second-order valence-corrected chi connectivity index (χ2v) is 6.37. The summed E-state index contributed by atoms with van der Waals surface area (Å²) in [7, 11) is 0. The summed E-state index contributed by atoms with van der Waals surface area (Å²) in [5, 5.41) is 8.69. The van der Waals surface area contributed by atoms with E-state index in [0.29, 0.717) is 6.61 Å². The number of hydrogen-bond acceptors (Lipinski definition) is 1. The SMILES string of the molecule is CCCCCCC/C=C/CCCCCCCCCCCO. The Labute approximate surface area is 134 Å². The van der Waals surface area contributed by atoms with Gasteiger partial charge in [-0.3, -0.25) is 0 Å². The fourth-order valence-corrected chi connectivity index (χ4v) is 2.71. The number of allylic oxidation sites excluding steroid dienone is 2. The van der Waals surface area contributed by atoms with Crippen LogP contribution in [0.1, 0.15) is 110 Å². The van der Waals surface area contributed by atoms with E-state index in [2.05, 4.69) is 19.1 Å². The zero-order valence-corrected chi connectivity index (χ0v) is 14.6. The van der Waals surface area contributed by atoms with E-state index in [9.17, 15) is 0 Å². The van der Waals surface area contributed by atoms with Crippen LogP contribution in [0.2, 0.25) is 0 Å². The second-order valence-electron chi connectivity index (χ2n) is 6.37. The summed E-state index contributed by atoms with van der Waals surface area (Å²) in [5.41, 5.74) is 0. The summed E-state index contributed by atoms with van der Waals surface area (Å²) in [4.78, 5) is 0. The lowest BCUT2D eigenvalue weighted by molar-refractivity contribution is 0.282. The Balaban J connectivity index is 3.01. The lowest BCUT2D eigenvalue weighted by Crippen LogP contribution is -1.84. The van der Waals surface area contributed by atoms with Gasteiger partial charge in [-0.05, 0) is 32.1 Å². The molecular formula is C20H40O. The molecule has 0 aliphatic heterocycles. The summed E-state index contributed by atoms with van der Waals surface area (Å²) >= 11 is 0. The van der Waals surface area contributed by atoms with Crippen LogP contribution in [-0.4, -0.2) is 11.7 Å². The van der Waals surface area contributed by atoms with E-state index < -0.39 is 0 Å². The molecule has 0 spiro atoms. The van der Waals surface area contributed by atoms with Crippen LogP contribution in [0.15, 0.2) is 12.2 Å². The lowest BCUT2D eigenvalue weighted by Gasteiger charge is -2.01. The van der Waals surface area contributed by atoms with E-state index in [0.717, 1.165) is 6.42 Å². The molecule has 126 valence electrons. The van der Waals surface area contributed by atoms with Gasteiger partial charge in [0.05, 0.1) is 0 Å². The molecule has 0 saturated carbocycles. The fraction of sp³-hybridized carbons (Fsp3) is 0.900. The first-order valence-corrected chi connectivity index (χ1v) is 9.67. The molecule has 0 fully saturated rings. The molecule has 0 aliphatic rings. The first kappa shape index (κ1) is 20.7. The third kappa shape index (κ3) is 19.7. The van der Waals surface area contributed by atoms with Gasteiger partial charge >= 0.3 is 0 Å². The third-order valence-corrected chi connectivity index (χ3v) is 4.17. The monoisotopic (exact) mass is 296 g/mol. The molecule has 0 aromatic carbocycles. The number of aliphatic hydroxyl groups excluding tert-OH is 1. The van der Waals surface area contributed by atoms with Crippen LogP contribution < -0.4 is 0 Å². The first-order valence-electron chi connectivity index (χ1n) is 9.67. The number of hydrogen-bond donors (Lipinski definition) is 1. The average molecular weight is 297 g/mol. The van der Waals surface area contributed by atoms with Crippen molar-refractivity contribution in [3.8, 4) is 0 Å². The Hall–Kier alpha value is -0.300. The van der Waals surface area contributed by atoms with Crippen LogP contribution in [0.4, 0.5) is 0 Å². The average Bonchev–Trinajstić information content (AvgIpc) is 2.50. The Morgan fingerprint density at radius 1 is 0.524 bits per heavy atom. The van der Waals surface area contributed by atoms with Crippen LogP contribution in [0.5, 0.6) is 0 Å². The Morgan fingerprint density at radius 2 is 0.905 bits per heavy atom. The largest absolute Gasteiger partial charge is 0.396 e. The highest BCUT2D eigenvalue weighted by Gasteiger charge is 1.92. The topological polar surface area (TPSA) is 20.2 Å². The molecular weight excluding hydrogens is 256 g/mol. The summed E-state index contributed by atoms with van der Waals surface area (Å²) in [5.74, 6) is 0. The fourth-order valence-electron chi connectivity index (χ4n) is 2.71. The van der Waals surface area contributed by atoms with Crippen LogP contribution in [0.25, 0.3) is 0 Å². The van der Waals surface area contributed by atoms with Crippen LogP contribution >= 0.6 is 0 Å². The van der Waals surface area contributed by atoms with E-state index in [1.165, 1.54) is 96.3 Å². The van der Waals surface area contributed by atoms with Crippen molar-refractivity contribution < 1.29 is 5.11 Å². The van der Waals surface area contributed by atoms with Crippen molar-refractivity contribution in [1.82, 2.24) is 0 Å². The van der Waals surface area contributed by atoms with Crippen molar-refractivity contribution in [3.05, 3.63) is 12.2 Å². The molecule has 1 N–H and O–H groups in total. The predicted octanol–water partition coefficient (Wildman–Crippen LogP) is 6.80. The molecule has 0 saturated heterocycles. The van der Waals surface area contributed by atoms with Crippen LogP contribution in [-0.2, 0) is 0 Å². The van der Waals surface area contributed by atoms with Gasteiger partial charge in [-0.1, -0.05) is 89.7 Å². The highest BCUT2D eigenvalue weighted by molar-refractivity contribution is 4.81. The molecule has 0 aromatic rings. The third-order valence-electron chi connectivity index (χ3n) is 4.17. The molecule has 0 radical (unpaired) electrons. The Kier molecular flexibility index (Phi) is 19.4. The van der Waals surface area contributed by atoms with Crippen molar-refractivity contribution in [2.75, 3.05) is 6.61 Å². The Morgan fingerprint density at radius 3 is 1.33 bits per heavy atom. The van der Waals surface area contributed by atoms with Gasteiger partial charge < -0.3 is 5.11 Å². The van der Waals surface area contributed by atoms with Gasteiger partial charge in [0, 0.05) is 6.61 Å². The van der Waals surface area contributed by atoms with Crippen molar-refractivity contribution in [1.29, 1.82) is 0 Å². The van der Waals surface area contributed by atoms with E-state index in [-0.39, 0.29) is 0 Å². The maximum Gasteiger partial charge on any atom is 0.0431 e. The van der Waals surface area contributed by atoms with Crippen molar-refractivity contribution >= 4 is 0 Å². The van der Waals surface area contributed by atoms with Gasteiger partial charge in [-0.2, -0.15) is 0 Å². The summed E-state index contributed by atoms with van der Waals surface area (Å²) < 4.78 is 0. The normalized spacial score (nSPS) is 11.5. The zero-order chi connectivity index (χ0) is 15.4. The van der Waals surface area contributed by atoms with E-state index >= 15 is 0 Å². The van der Waals surface area contributed by atoms with Crippen LogP contribution in [0, 0.1) is 0 Å². The molecule has 0 aliphatic carbocycles. The van der Waals surface area contributed by atoms with Crippen LogP contribution in [0.3, 0.4) is 0 Å². The summed E-state index contributed by atoms with van der Waals surface area (Å²) in [6.45, 7) is 2.64. The minimum atomic E-state index is 0.367. The van der Waals surface area contributed by atoms with Gasteiger partial charge in [0.1, 0.15) is 0 Å². The molecule has 1 heteroatoms. The molecule has 0 rings (SSSR count). The molecule has 0 unspecified atom stereocenters. The standard InChI is InChI=1S/C20H40O/c1-2-3-4-5-6-7-8-9-10-11-12-13-14-15-16-17-18-19-20-21/h8-9,21H,2-7,10-20H2,1H3/b9-8+. The zero-order valence-electron chi connectivity index (χ0n) is 14.6. The van der Waals surface area contributed by atoms with E-state index in [1.54, 1.807) is 0 Å². The van der Waals surface area contributed by atoms with Gasteiger partial charge in [0.2, 0.25) is 0 Å². The minimum Gasteiger partial charge on any atom is -0.396 e. The van der Waals surface area contributed by atoms with Crippen molar-refractivity contribution in [3.63, 3.8) is 0 Å². The quantitative estimate of drug-likeness (QED) is 0.231. The molecule has 21 heavy (non-hydrogen) atoms. The number of unbranched alkanes of at least 4 members (excludes halogenated alkanes) is 14. The van der Waals surface area contributed by atoms with Crippen molar-refractivity contribution in [2.45, 2.75) is 110 Å². The molecule has 0 bridgehead atoms. The molecule has 0 aromatic heterocycles. The van der Waals surface area contributed by atoms with E-state index in [1.807, 2.05) is 0 Å². The van der Waals surface area contributed by atoms with Crippen molar-refractivity contribution in [2.24, 2.45) is 0 Å². The van der Waals surface area contributed by atoms with E-state index in [4.69, 9.17) is 5.11 Å². The summed E-state index contributed by atoms with van der Waals surface area (Å²) in [6.07, 6.45) is 26.2. The molecule has 0 amide bonds. The highest BCUT2D eigenvalue weighted by Crippen LogP contribution is 2.11. The second kappa shape index (κ2) is 19.7. The lowest BCUT2D eigenvalue weighted by atomic mass is 10.1. The Bertz CT molecular complexity index is 198. The number of aliphatic hydroxyl groups is 1. The maximum atomic E-state index is 8.69. The molecule has 0 heterocycles. The smallest absolute Gasteiger partial charge is 0.0431 e. The predicted molar refractivity (Wildman–Crippen MR) is 95.8 cm³/mol. The van der Waals surface area contributed by atoms with Gasteiger partial charge in [-0.15, -0.1) is 0 Å². The van der Waals surface area contributed by atoms with Gasteiger partial charge in [0.25, 0.3) is 0 Å². The highest BCUT2D eigenvalue weighted by atomic mass is 16.2. The number of rotatable bonds is 17. The molecule has 1 nitrogen and oxygen atoms in total. The van der Waals surface area contributed by atoms with Gasteiger partial charge in [-0.25, -0.2) is 0 Å².